The van der Waals surface area contributed by atoms with Crippen molar-refractivity contribution in [3.8, 4) is 5.75 Å². The standard InChI is InChI=1S/C15H17F2N3O/c1-8-4-12(19-20(8)3)9(2)18-13-7-21-14-6-10(16)5-11(17)15(13)14/h4-6,9,13,18H,7H2,1-3H3. The summed E-state index contributed by atoms with van der Waals surface area (Å²) in [5.74, 6) is -0.931. The van der Waals surface area contributed by atoms with E-state index in [9.17, 15) is 8.78 Å². The van der Waals surface area contributed by atoms with Gasteiger partial charge in [0.1, 0.15) is 24.0 Å². The highest BCUT2D eigenvalue weighted by Crippen LogP contribution is 2.36. The zero-order chi connectivity index (χ0) is 15.1. The number of nitrogens with zero attached hydrogens (tertiary/aromatic N) is 2. The van der Waals surface area contributed by atoms with Gasteiger partial charge in [-0.2, -0.15) is 5.10 Å². The number of benzene rings is 1. The molecule has 0 saturated carbocycles. The minimum Gasteiger partial charge on any atom is -0.491 e. The largest absolute Gasteiger partial charge is 0.491 e. The number of aromatic nitrogens is 2. The molecule has 1 aliphatic heterocycles. The molecule has 0 aliphatic carbocycles. The minimum absolute atomic E-state index is 0.0612. The molecule has 4 nitrogen and oxygen atoms in total. The van der Waals surface area contributed by atoms with Crippen LogP contribution in [0.5, 0.6) is 5.75 Å². The van der Waals surface area contributed by atoms with Crippen molar-refractivity contribution in [2.24, 2.45) is 7.05 Å². The molecule has 112 valence electrons. The van der Waals surface area contributed by atoms with E-state index in [1.54, 1.807) is 4.68 Å². The van der Waals surface area contributed by atoms with Crippen LogP contribution in [-0.4, -0.2) is 16.4 Å². The Kier molecular flexibility index (Phi) is 3.41. The molecule has 6 heteroatoms. The lowest BCUT2D eigenvalue weighted by Crippen LogP contribution is -2.26. The highest BCUT2D eigenvalue weighted by Gasteiger charge is 2.30. The molecule has 1 aromatic carbocycles. The van der Waals surface area contributed by atoms with Crippen molar-refractivity contribution < 1.29 is 13.5 Å². The first-order valence-corrected chi connectivity index (χ1v) is 6.84. The Morgan fingerprint density at radius 2 is 2.14 bits per heavy atom. The second kappa shape index (κ2) is 5.11. The van der Waals surface area contributed by atoms with Crippen molar-refractivity contribution in [3.63, 3.8) is 0 Å². The van der Waals surface area contributed by atoms with Crippen molar-refractivity contribution in [2.45, 2.75) is 25.9 Å². The third kappa shape index (κ3) is 2.51. The molecule has 2 aromatic rings. The van der Waals surface area contributed by atoms with E-state index in [2.05, 4.69) is 10.4 Å². The van der Waals surface area contributed by atoms with E-state index in [0.29, 0.717) is 5.56 Å². The van der Waals surface area contributed by atoms with Gasteiger partial charge in [-0.3, -0.25) is 10.00 Å². The summed E-state index contributed by atoms with van der Waals surface area (Å²) in [5.41, 5.74) is 2.32. The van der Waals surface area contributed by atoms with Gasteiger partial charge in [0.25, 0.3) is 0 Å². The second-order valence-corrected chi connectivity index (χ2v) is 5.39. The molecular formula is C15H17F2N3O. The first-order valence-electron chi connectivity index (χ1n) is 6.84. The van der Waals surface area contributed by atoms with Crippen LogP contribution in [0.2, 0.25) is 0 Å². The molecule has 0 saturated heterocycles. The maximum atomic E-state index is 13.9. The summed E-state index contributed by atoms with van der Waals surface area (Å²) in [4.78, 5) is 0. The Hall–Kier alpha value is -1.95. The summed E-state index contributed by atoms with van der Waals surface area (Å²) in [6.45, 7) is 4.21. The molecule has 3 rings (SSSR count). The Morgan fingerprint density at radius 1 is 1.38 bits per heavy atom. The van der Waals surface area contributed by atoms with E-state index < -0.39 is 11.6 Å². The monoisotopic (exact) mass is 293 g/mol. The number of rotatable bonds is 3. The SMILES string of the molecule is Cc1cc(C(C)NC2COc3cc(F)cc(F)c32)nn1C. The summed E-state index contributed by atoms with van der Waals surface area (Å²) in [6.07, 6.45) is 0. The normalized spacial score (nSPS) is 18.4. The van der Waals surface area contributed by atoms with Gasteiger partial charge in [-0.15, -0.1) is 0 Å². The smallest absolute Gasteiger partial charge is 0.134 e. The van der Waals surface area contributed by atoms with Gasteiger partial charge in [0, 0.05) is 30.9 Å². The zero-order valence-corrected chi connectivity index (χ0v) is 12.2. The van der Waals surface area contributed by atoms with E-state index in [0.717, 1.165) is 17.5 Å². The Balaban J connectivity index is 1.82. The molecule has 0 bridgehead atoms. The quantitative estimate of drug-likeness (QED) is 0.946. The fourth-order valence-electron chi connectivity index (χ4n) is 2.59. The van der Waals surface area contributed by atoms with Crippen LogP contribution in [-0.2, 0) is 7.05 Å². The average Bonchev–Trinajstić information content (AvgIpc) is 2.94. The highest BCUT2D eigenvalue weighted by molar-refractivity contribution is 5.41. The van der Waals surface area contributed by atoms with Gasteiger partial charge in [0.15, 0.2) is 0 Å². The van der Waals surface area contributed by atoms with Gasteiger partial charge in [0.2, 0.25) is 0 Å². The third-order valence-electron chi connectivity index (χ3n) is 3.84. The number of ether oxygens (including phenoxy) is 1. The van der Waals surface area contributed by atoms with E-state index >= 15 is 0 Å². The lowest BCUT2D eigenvalue weighted by Gasteiger charge is -2.17. The number of halogens is 2. The van der Waals surface area contributed by atoms with Crippen LogP contribution in [0.3, 0.4) is 0 Å². The first-order chi connectivity index (χ1) is 9.95. The second-order valence-electron chi connectivity index (χ2n) is 5.39. The average molecular weight is 293 g/mol. The van der Waals surface area contributed by atoms with E-state index in [1.165, 1.54) is 6.07 Å². The van der Waals surface area contributed by atoms with E-state index in [4.69, 9.17) is 4.74 Å². The van der Waals surface area contributed by atoms with Crippen LogP contribution in [0.1, 0.15) is 36.0 Å². The number of aryl methyl sites for hydroxylation is 2. The Labute approximate surface area is 121 Å². The predicted molar refractivity (Wildman–Crippen MR) is 74.1 cm³/mol. The molecule has 0 amide bonds. The molecule has 1 aliphatic rings. The zero-order valence-electron chi connectivity index (χ0n) is 12.2. The van der Waals surface area contributed by atoms with Crippen LogP contribution in [0.25, 0.3) is 0 Å². The van der Waals surface area contributed by atoms with Crippen molar-refractivity contribution in [3.05, 3.63) is 46.8 Å². The Morgan fingerprint density at radius 3 is 2.81 bits per heavy atom. The van der Waals surface area contributed by atoms with Crippen LogP contribution < -0.4 is 10.1 Å². The van der Waals surface area contributed by atoms with Gasteiger partial charge in [-0.05, 0) is 19.9 Å². The highest BCUT2D eigenvalue weighted by atomic mass is 19.1. The number of hydrogen-bond acceptors (Lipinski definition) is 3. The molecule has 0 fully saturated rings. The van der Waals surface area contributed by atoms with Gasteiger partial charge < -0.3 is 4.74 Å². The Bertz CT molecular complexity index is 664. The van der Waals surface area contributed by atoms with Crippen LogP contribution in [0, 0.1) is 18.6 Å². The van der Waals surface area contributed by atoms with Crippen LogP contribution in [0.15, 0.2) is 18.2 Å². The van der Waals surface area contributed by atoms with Crippen molar-refractivity contribution in [2.75, 3.05) is 6.61 Å². The molecule has 0 radical (unpaired) electrons. The molecule has 1 N–H and O–H groups in total. The van der Waals surface area contributed by atoms with Gasteiger partial charge in [-0.1, -0.05) is 0 Å². The number of nitrogens with one attached hydrogen (secondary N) is 1. The predicted octanol–water partition coefficient (Wildman–Crippen LogP) is 2.79. The van der Waals surface area contributed by atoms with Gasteiger partial charge in [0.05, 0.1) is 17.3 Å². The lowest BCUT2D eigenvalue weighted by atomic mass is 10.1. The van der Waals surface area contributed by atoms with Crippen LogP contribution in [0.4, 0.5) is 8.78 Å². The third-order valence-corrected chi connectivity index (χ3v) is 3.84. The van der Waals surface area contributed by atoms with Gasteiger partial charge in [-0.25, -0.2) is 8.78 Å². The van der Waals surface area contributed by atoms with Crippen molar-refractivity contribution in [1.82, 2.24) is 15.1 Å². The van der Waals surface area contributed by atoms with Gasteiger partial charge >= 0.3 is 0 Å². The molecule has 2 atom stereocenters. The molecular weight excluding hydrogens is 276 g/mol. The van der Waals surface area contributed by atoms with Crippen LogP contribution >= 0.6 is 0 Å². The summed E-state index contributed by atoms with van der Waals surface area (Å²) in [7, 11) is 1.88. The topological polar surface area (TPSA) is 39.1 Å². The maximum Gasteiger partial charge on any atom is 0.134 e. The molecule has 0 spiro atoms. The van der Waals surface area contributed by atoms with Crippen molar-refractivity contribution >= 4 is 0 Å². The number of fused-ring (bicyclic) bond motifs is 1. The summed E-state index contributed by atoms with van der Waals surface area (Å²) in [6, 6.07) is 3.72. The lowest BCUT2D eigenvalue weighted by molar-refractivity contribution is 0.298. The maximum absolute atomic E-state index is 13.9. The minimum atomic E-state index is -0.625. The summed E-state index contributed by atoms with van der Waals surface area (Å²) in [5, 5.41) is 7.69. The molecule has 21 heavy (non-hydrogen) atoms. The van der Waals surface area contributed by atoms with E-state index in [-0.39, 0.29) is 24.4 Å². The molecule has 1 aromatic heterocycles. The van der Waals surface area contributed by atoms with Crippen molar-refractivity contribution in [1.29, 1.82) is 0 Å². The molecule has 2 unspecified atom stereocenters. The molecule has 2 heterocycles. The summed E-state index contributed by atoms with van der Waals surface area (Å²) < 4.78 is 34.3. The number of hydrogen-bond donors (Lipinski definition) is 1. The van der Waals surface area contributed by atoms with E-state index in [1.807, 2.05) is 27.0 Å². The fourth-order valence-corrected chi connectivity index (χ4v) is 2.59. The fraction of sp³-hybridized carbons (Fsp3) is 0.400. The summed E-state index contributed by atoms with van der Waals surface area (Å²) >= 11 is 0. The first kappa shape index (κ1) is 14.0.